The summed E-state index contributed by atoms with van der Waals surface area (Å²) in [5.74, 6) is -13.9. The van der Waals surface area contributed by atoms with Crippen LogP contribution in [0.25, 0.3) is 0 Å². The Hall–Kier alpha value is -2.53. The molecule has 1 aliphatic heterocycles. The van der Waals surface area contributed by atoms with Crippen molar-refractivity contribution in [2.24, 2.45) is 5.73 Å². The molecule has 1 aromatic heterocycles. The van der Waals surface area contributed by atoms with Crippen molar-refractivity contribution in [1.82, 2.24) is 0 Å². The summed E-state index contributed by atoms with van der Waals surface area (Å²) in [6.45, 7) is 0.438. The van der Waals surface area contributed by atoms with E-state index in [0.29, 0.717) is 23.5 Å². The molecule has 2 aromatic rings. The number of ether oxygens (including phenoxy) is 1. The van der Waals surface area contributed by atoms with E-state index in [9.17, 15) is 31.5 Å². The average Bonchev–Trinajstić information content (AvgIpc) is 2.96. The van der Waals surface area contributed by atoms with Crippen molar-refractivity contribution >= 4 is 28.2 Å². The molecule has 2 amide bonds. The molecular formula is C15H9F5N2O3S. The first-order valence-electron chi connectivity index (χ1n) is 7.08. The summed E-state index contributed by atoms with van der Waals surface area (Å²) in [6, 6.07) is 0. The fourth-order valence-corrected chi connectivity index (χ4v) is 3.74. The maximum Gasteiger partial charge on any atom is 0.262 e. The van der Waals surface area contributed by atoms with Crippen LogP contribution in [0.5, 0.6) is 0 Å². The van der Waals surface area contributed by atoms with Crippen molar-refractivity contribution in [2.45, 2.75) is 13.0 Å². The second kappa shape index (κ2) is 6.65. The van der Waals surface area contributed by atoms with Crippen molar-refractivity contribution in [2.75, 3.05) is 11.9 Å². The first kappa shape index (κ1) is 18.3. The molecule has 3 rings (SSSR count). The van der Waals surface area contributed by atoms with Gasteiger partial charge in [0.05, 0.1) is 18.8 Å². The number of carbonyl (C=O) groups excluding carboxylic acids is 2. The molecule has 5 nitrogen and oxygen atoms in total. The number of nitrogens with two attached hydrogens (primary N) is 1. The van der Waals surface area contributed by atoms with Crippen molar-refractivity contribution in [1.29, 1.82) is 0 Å². The Labute approximate surface area is 146 Å². The number of fused-ring (bicyclic) bond motifs is 1. The number of nitrogens with one attached hydrogen (secondary N) is 1. The molecule has 0 spiro atoms. The highest BCUT2D eigenvalue weighted by atomic mass is 32.1. The summed E-state index contributed by atoms with van der Waals surface area (Å²) in [4.78, 5) is 24.4. The predicted octanol–water partition coefficient (Wildman–Crippen LogP) is 2.87. The Morgan fingerprint density at radius 3 is 2.12 bits per heavy atom. The molecule has 2 heterocycles. The van der Waals surface area contributed by atoms with Gasteiger partial charge in [-0.25, -0.2) is 22.0 Å². The third-order valence-electron chi connectivity index (χ3n) is 3.73. The molecule has 0 saturated heterocycles. The van der Waals surface area contributed by atoms with E-state index in [2.05, 4.69) is 0 Å². The Morgan fingerprint density at radius 2 is 1.54 bits per heavy atom. The first-order valence-corrected chi connectivity index (χ1v) is 7.90. The average molecular weight is 392 g/mol. The van der Waals surface area contributed by atoms with Crippen LogP contribution in [0.2, 0.25) is 0 Å². The lowest BCUT2D eigenvalue weighted by atomic mass is 10.1. The molecule has 1 aromatic carbocycles. The van der Waals surface area contributed by atoms with E-state index < -0.39 is 46.5 Å². The van der Waals surface area contributed by atoms with E-state index in [1.54, 1.807) is 0 Å². The number of halogens is 5. The van der Waals surface area contributed by atoms with E-state index in [1.165, 1.54) is 0 Å². The van der Waals surface area contributed by atoms with E-state index in [1.807, 2.05) is 5.32 Å². The number of benzene rings is 1. The van der Waals surface area contributed by atoms with Crippen LogP contribution in [0.3, 0.4) is 0 Å². The quantitative estimate of drug-likeness (QED) is 0.479. The van der Waals surface area contributed by atoms with Gasteiger partial charge in [0.2, 0.25) is 5.82 Å². The van der Waals surface area contributed by atoms with Gasteiger partial charge in [-0.3, -0.25) is 9.59 Å². The molecule has 0 atom stereocenters. The van der Waals surface area contributed by atoms with Gasteiger partial charge in [-0.15, -0.1) is 11.3 Å². The Balaban J connectivity index is 2.05. The fourth-order valence-electron chi connectivity index (χ4n) is 2.55. The van der Waals surface area contributed by atoms with E-state index >= 15 is 0 Å². The number of rotatable bonds is 3. The van der Waals surface area contributed by atoms with E-state index in [-0.39, 0.29) is 17.2 Å². The smallest absolute Gasteiger partial charge is 0.262 e. The molecule has 26 heavy (non-hydrogen) atoms. The minimum Gasteiger partial charge on any atom is -0.376 e. The number of hydrogen-bond acceptors (Lipinski definition) is 4. The van der Waals surface area contributed by atoms with Crippen molar-refractivity contribution in [3.63, 3.8) is 0 Å². The van der Waals surface area contributed by atoms with Crippen molar-refractivity contribution in [3.8, 4) is 0 Å². The highest BCUT2D eigenvalue weighted by Crippen LogP contribution is 2.36. The molecule has 11 heteroatoms. The van der Waals surface area contributed by atoms with Gasteiger partial charge in [-0.2, -0.15) is 0 Å². The van der Waals surface area contributed by atoms with Crippen LogP contribution in [0.1, 0.15) is 31.2 Å². The topological polar surface area (TPSA) is 81.4 Å². The molecule has 3 N–H and O–H groups in total. The molecule has 0 radical (unpaired) electrons. The maximum absolute atomic E-state index is 13.8. The SMILES string of the molecule is NC(=O)c1c(NC(=O)c2c(F)c(F)c(F)c(F)c2F)sc2c1CCOC2. The maximum atomic E-state index is 13.8. The third-order valence-corrected chi connectivity index (χ3v) is 4.85. The molecule has 138 valence electrons. The highest BCUT2D eigenvalue weighted by Gasteiger charge is 2.31. The molecular weight excluding hydrogens is 383 g/mol. The van der Waals surface area contributed by atoms with Gasteiger partial charge in [0.15, 0.2) is 23.3 Å². The zero-order chi connectivity index (χ0) is 19.2. The lowest BCUT2D eigenvalue weighted by Crippen LogP contribution is -2.22. The van der Waals surface area contributed by atoms with Gasteiger partial charge in [0.1, 0.15) is 10.6 Å². The van der Waals surface area contributed by atoms with Crippen molar-refractivity contribution in [3.05, 3.63) is 50.7 Å². The fraction of sp³-hybridized carbons (Fsp3) is 0.200. The summed E-state index contributed by atoms with van der Waals surface area (Å²) in [5.41, 5.74) is 4.07. The molecule has 0 fully saturated rings. The standard InChI is InChI=1S/C15H9F5N2O3S/c16-8-7(9(17)11(19)12(20)10(8)18)14(24)22-15-6(13(21)23)4-1-2-25-3-5(4)26-15/h1-3H2,(H2,21,23)(H,22,24). The summed E-state index contributed by atoms with van der Waals surface area (Å²) in [5, 5.41) is 1.86. The molecule has 0 unspecified atom stereocenters. The normalized spacial score (nSPS) is 13.4. The van der Waals surface area contributed by atoms with Gasteiger partial charge < -0.3 is 15.8 Å². The number of thiophene rings is 1. The second-order valence-electron chi connectivity index (χ2n) is 5.27. The number of hydrogen-bond donors (Lipinski definition) is 2. The van der Waals surface area contributed by atoms with Gasteiger partial charge in [-0.05, 0) is 12.0 Å². The number of primary amides is 1. The predicted molar refractivity (Wildman–Crippen MR) is 80.4 cm³/mol. The third kappa shape index (κ3) is 2.82. The molecule has 0 saturated carbocycles. The highest BCUT2D eigenvalue weighted by molar-refractivity contribution is 7.17. The summed E-state index contributed by atoms with van der Waals surface area (Å²) < 4.78 is 72.3. The monoisotopic (exact) mass is 392 g/mol. The van der Waals surface area contributed by atoms with Crippen LogP contribution >= 0.6 is 11.3 Å². The Morgan fingerprint density at radius 1 is 0.962 bits per heavy atom. The van der Waals surface area contributed by atoms with Crippen LogP contribution in [0.4, 0.5) is 27.0 Å². The van der Waals surface area contributed by atoms with Crippen LogP contribution in [-0.4, -0.2) is 18.4 Å². The lowest BCUT2D eigenvalue weighted by Gasteiger charge is -2.12. The summed E-state index contributed by atoms with van der Waals surface area (Å²) in [7, 11) is 0. The van der Waals surface area contributed by atoms with Crippen LogP contribution in [0.15, 0.2) is 0 Å². The zero-order valence-corrected chi connectivity index (χ0v) is 13.5. The lowest BCUT2D eigenvalue weighted by molar-refractivity contribution is 0.0991. The van der Waals surface area contributed by atoms with Crippen LogP contribution < -0.4 is 11.1 Å². The Kier molecular flexibility index (Phi) is 4.67. The van der Waals surface area contributed by atoms with Gasteiger partial charge >= 0.3 is 0 Å². The second-order valence-corrected chi connectivity index (χ2v) is 6.38. The van der Waals surface area contributed by atoms with E-state index in [0.717, 1.165) is 11.3 Å². The molecule has 1 aliphatic rings. The Bertz CT molecular complexity index is 915. The minimum atomic E-state index is -2.38. The molecule has 0 bridgehead atoms. The largest absolute Gasteiger partial charge is 0.376 e. The van der Waals surface area contributed by atoms with Gasteiger partial charge in [-0.1, -0.05) is 0 Å². The van der Waals surface area contributed by atoms with Gasteiger partial charge in [0.25, 0.3) is 11.8 Å². The van der Waals surface area contributed by atoms with Crippen LogP contribution in [-0.2, 0) is 17.8 Å². The van der Waals surface area contributed by atoms with Crippen LogP contribution in [0, 0.1) is 29.1 Å². The summed E-state index contributed by atoms with van der Waals surface area (Å²) >= 11 is 0.872. The number of amides is 2. The summed E-state index contributed by atoms with van der Waals surface area (Å²) in [6.07, 6.45) is 0.322. The first-order chi connectivity index (χ1) is 12.2. The zero-order valence-electron chi connectivity index (χ0n) is 12.7. The minimum absolute atomic E-state index is 0.0782. The number of anilines is 1. The van der Waals surface area contributed by atoms with Crippen molar-refractivity contribution < 1.29 is 36.3 Å². The molecule has 0 aliphatic carbocycles. The van der Waals surface area contributed by atoms with E-state index in [4.69, 9.17) is 10.5 Å². The number of carbonyl (C=O) groups is 2. The van der Waals surface area contributed by atoms with Gasteiger partial charge in [0, 0.05) is 4.88 Å².